The molecule has 1 aromatic carbocycles. The summed E-state index contributed by atoms with van der Waals surface area (Å²) in [6.45, 7) is 7.41. The number of nitro benzene ring substituents is 1. The van der Waals surface area contributed by atoms with Gasteiger partial charge in [0, 0.05) is 43.9 Å². The van der Waals surface area contributed by atoms with E-state index in [4.69, 9.17) is 9.15 Å². The van der Waals surface area contributed by atoms with Crippen molar-refractivity contribution < 1.29 is 23.7 Å². The summed E-state index contributed by atoms with van der Waals surface area (Å²) in [5.41, 5.74) is 0.555. The van der Waals surface area contributed by atoms with E-state index in [1.165, 1.54) is 30.3 Å². The van der Waals surface area contributed by atoms with E-state index in [1.807, 2.05) is 0 Å². The van der Waals surface area contributed by atoms with Gasteiger partial charge in [-0.25, -0.2) is 4.79 Å². The number of non-ortho nitro benzene ring substituents is 1. The molecule has 154 valence electrons. The van der Waals surface area contributed by atoms with E-state index in [-0.39, 0.29) is 17.4 Å². The Labute approximate surface area is 168 Å². The van der Waals surface area contributed by atoms with E-state index in [1.54, 1.807) is 17.9 Å². The van der Waals surface area contributed by atoms with Gasteiger partial charge in [0.25, 0.3) is 11.6 Å². The molecule has 2 heterocycles. The minimum absolute atomic E-state index is 0.0335. The van der Waals surface area contributed by atoms with Crippen LogP contribution in [0, 0.1) is 10.1 Å². The molecule has 3 rings (SSSR count). The van der Waals surface area contributed by atoms with Crippen molar-refractivity contribution in [3.8, 4) is 11.3 Å². The summed E-state index contributed by atoms with van der Waals surface area (Å²) < 4.78 is 10.8. The largest absolute Gasteiger partial charge is 0.449 e. The Balaban J connectivity index is 1.59. The molecule has 1 fully saturated rings. The zero-order chi connectivity index (χ0) is 21.0. The first-order chi connectivity index (χ1) is 13.9. The van der Waals surface area contributed by atoms with Crippen molar-refractivity contribution >= 4 is 17.6 Å². The van der Waals surface area contributed by atoms with Gasteiger partial charge in [-0.15, -0.1) is 0 Å². The topological polar surface area (TPSA) is 106 Å². The minimum Gasteiger partial charge on any atom is -0.449 e. The molecule has 1 atom stereocenters. The number of hydrogen-bond donors (Lipinski definition) is 0. The smallest absolute Gasteiger partial charge is 0.375 e. The van der Waals surface area contributed by atoms with Crippen LogP contribution >= 0.6 is 0 Å². The molecular weight excluding hydrogens is 378 g/mol. The average molecular weight is 401 g/mol. The lowest BCUT2D eigenvalue weighted by atomic mass is 10.1. The Morgan fingerprint density at radius 2 is 1.79 bits per heavy atom. The second-order valence-corrected chi connectivity index (χ2v) is 6.77. The fraction of sp³-hybridized carbons (Fsp3) is 0.400. The number of amides is 1. The molecule has 0 aliphatic carbocycles. The Morgan fingerprint density at radius 1 is 1.14 bits per heavy atom. The molecule has 29 heavy (non-hydrogen) atoms. The molecule has 1 aliphatic heterocycles. The van der Waals surface area contributed by atoms with Crippen molar-refractivity contribution in [3.05, 3.63) is 52.3 Å². The molecule has 1 amide bonds. The van der Waals surface area contributed by atoms with E-state index in [0.29, 0.717) is 24.4 Å². The predicted octanol–water partition coefficient (Wildman–Crippen LogP) is 2.56. The first kappa shape index (κ1) is 20.5. The van der Waals surface area contributed by atoms with Gasteiger partial charge in [-0.2, -0.15) is 0 Å². The Kier molecular flexibility index (Phi) is 6.28. The molecule has 1 aromatic heterocycles. The van der Waals surface area contributed by atoms with Crippen LogP contribution in [-0.4, -0.2) is 65.4 Å². The second kappa shape index (κ2) is 8.87. The molecule has 0 radical (unpaired) electrons. The van der Waals surface area contributed by atoms with Crippen LogP contribution in [0.5, 0.6) is 0 Å². The van der Waals surface area contributed by atoms with Crippen LogP contribution in [0.15, 0.2) is 40.8 Å². The highest BCUT2D eigenvalue weighted by Crippen LogP contribution is 2.25. The third-order valence-electron chi connectivity index (χ3n) is 4.93. The van der Waals surface area contributed by atoms with Crippen LogP contribution in [0.1, 0.15) is 24.4 Å². The first-order valence-electron chi connectivity index (χ1n) is 9.46. The highest BCUT2D eigenvalue weighted by molar-refractivity contribution is 5.90. The molecule has 9 nitrogen and oxygen atoms in total. The summed E-state index contributed by atoms with van der Waals surface area (Å²) in [4.78, 5) is 39.1. The lowest BCUT2D eigenvalue weighted by Gasteiger charge is -2.35. The molecule has 1 aliphatic rings. The first-order valence-corrected chi connectivity index (χ1v) is 9.46. The second-order valence-electron chi connectivity index (χ2n) is 6.77. The van der Waals surface area contributed by atoms with Gasteiger partial charge >= 0.3 is 5.97 Å². The molecule has 1 saturated heterocycles. The number of esters is 1. The summed E-state index contributed by atoms with van der Waals surface area (Å²) >= 11 is 0. The quantitative estimate of drug-likeness (QED) is 0.416. The highest BCUT2D eigenvalue weighted by Gasteiger charge is 2.28. The maximum Gasteiger partial charge on any atom is 0.375 e. The van der Waals surface area contributed by atoms with Gasteiger partial charge in [0.1, 0.15) is 5.76 Å². The molecule has 0 bridgehead atoms. The number of nitrogens with zero attached hydrogens (tertiary/aromatic N) is 3. The Bertz CT molecular complexity index is 884. The maximum absolute atomic E-state index is 12.5. The summed E-state index contributed by atoms with van der Waals surface area (Å²) in [7, 11) is 0. The third kappa shape index (κ3) is 4.80. The van der Waals surface area contributed by atoms with Gasteiger partial charge in [0.15, 0.2) is 6.10 Å². The summed E-state index contributed by atoms with van der Waals surface area (Å²) in [5, 5.41) is 10.7. The predicted molar refractivity (Wildman–Crippen MR) is 104 cm³/mol. The number of furan rings is 1. The van der Waals surface area contributed by atoms with E-state index < -0.39 is 17.0 Å². The minimum atomic E-state index is -0.913. The van der Waals surface area contributed by atoms with Crippen LogP contribution in [-0.2, 0) is 9.53 Å². The number of carbonyl (C=O) groups excluding carboxylic acids is 2. The van der Waals surface area contributed by atoms with Crippen LogP contribution < -0.4 is 0 Å². The number of rotatable bonds is 6. The SMILES string of the molecule is CCN1CCN(C(=O)[C@@H](C)OC(=O)c2ccc(-c3ccc([N+](=O)[O-])cc3)o2)CC1. The van der Waals surface area contributed by atoms with Crippen LogP contribution in [0.25, 0.3) is 11.3 Å². The number of piperazine rings is 1. The summed E-state index contributed by atoms with van der Waals surface area (Å²) in [6.07, 6.45) is -0.913. The molecule has 0 unspecified atom stereocenters. The summed E-state index contributed by atoms with van der Waals surface area (Å²) in [6, 6.07) is 8.82. The van der Waals surface area contributed by atoms with Crippen molar-refractivity contribution in [2.24, 2.45) is 0 Å². The number of benzene rings is 1. The van der Waals surface area contributed by atoms with Crippen molar-refractivity contribution in [3.63, 3.8) is 0 Å². The van der Waals surface area contributed by atoms with Crippen molar-refractivity contribution in [2.75, 3.05) is 32.7 Å². The van der Waals surface area contributed by atoms with Crippen LogP contribution in [0.4, 0.5) is 5.69 Å². The van der Waals surface area contributed by atoms with Gasteiger partial charge < -0.3 is 19.0 Å². The van der Waals surface area contributed by atoms with Crippen molar-refractivity contribution in [2.45, 2.75) is 20.0 Å². The van der Waals surface area contributed by atoms with Gasteiger partial charge in [0.05, 0.1) is 4.92 Å². The van der Waals surface area contributed by atoms with Crippen LogP contribution in [0.3, 0.4) is 0 Å². The fourth-order valence-electron chi connectivity index (χ4n) is 3.16. The number of ether oxygens (including phenoxy) is 1. The maximum atomic E-state index is 12.5. The fourth-order valence-corrected chi connectivity index (χ4v) is 3.16. The van der Waals surface area contributed by atoms with E-state index in [2.05, 4.69) is 11.8 Å². The van der Waals surface area contributed by atoms with E-state index in [0.717, 1.165) is 19.6 Å². The van der Waals surface area contributed by atoms with Crippen molar-refractivity contribution in [1.82, 2.24) is 9.80 Å². The van der Waals surface area contributed by atoms with Gasteiger partial charge in [0.2, 0.25) is 5.76 Å². The van der Waals surface area contributed by atoms with E-state index in [9.17, 15) is 19.7 Å². The summed E-state index contributed by atoms with van der Waals surface area (Å²) in [5.74, 6) is -0.613. The number of likely N-dealkylation sites (N-methyl/N-ethyl adjacent to an activating group) is 1. The molecule has 0 saturated carbocycles. The average Bonchev–Trinajstić information content (AvgIpc) is 3.23. The normalized spacial score (nSPS) is 15.7. The van der Waals surface area contributed by atoms with E-state index >= 15 is 0 Å². The lowest BCUT2D eigenvalue weighted by Crippen LogP contribution is -2.51. The van der Waals surface area contributed by atoms with Gasteiger partial charge in [-0.3, -0.25) is 14.9 Å². The molecular formula is C20H23N3O6. The molecule has 9 heteroatoms. The number of carbonyl (C=O) groups is 2. The van der Waals surface area contributed by atoms with Gasteiger partial charge in [-0.05, 0) is 37.7 Å². The molecule has 2 aromatic rings. The van der Waals surface area contributed by atoms with Crippen molar-refractivity contribution in [1.29, 1.82) is 0 Å². The van der Waals surface area contributed by atoms with Gasteiger partial charge in [-0.1, -0.05) is 6.92 Å². The number of hydrogen-bond acceptors (Lipinski definition) is 7. The zero-order valence-electron chi connectivity index (χ0n) is 16.4. The Morgan fingerprint density at radius 3 is 2.38 bits per heavy atom. The standard InChI is InChI=1S/C20H23N3O6/c1-3-21-10-12-22(13-11-21)19(24)14(2)28-20(25)18-9-8-17(29-18)15-4-6-16(7-5-15)23(26)27/h4-9,14H,3,10-13H2,1-2H3/t14-/m1/s1. The highest BCUT2D eigenvalue weighted by atomic mass is 16.6. The molecule has 0 spiro atoms. The monoisotopic (exact) mass is 401 g/mol. The lowest BCUT2D eigenvalue weighted by molar-refractivity contribution is -0.384. The Hall–Kier alpha value is -3.20. The number of nitro groups is 1. The van der Waals surface area contributed by atoms with Crippen LogP contribution in [0.2, 0.25) is 0 Å². The third-order valence-corrected chi connectivity index (χ3v) is 4.93. The zero-order valence-corrected chi connectivity index (χ0v) is 16.4. The molecule has 0 N–H and O–H groups in total.